The predicted octanol–water partition coefficient (Wildman–Crippen LogP) is 11.6. The molecule has 32 heteroatoms. The third-order valence-corrected chi connectivity index (χ3v) is 10.1. The van der Waals surface area contributed by atoms with Gasteiger partial charge < -0.3 is 0 Å². The van der Waals surface area contributed by atoms with E-state index >= 15 is 0 Å². The minimum absolute atomic E-state index is 0.0954. The third-order valence-electron chi connectivity index (χ3n) is 10.1. The van der Waals surface area contributed by atoms with Crippen LogP contribution in [0, 0.1) is 20.2 Å². The molecular formula is C40H20BF24N3O4. The van der Waals surface area contributed by atoms with Crippen LogP contribution in [0.3, 0.4) is 0 Å². The zero-order valence-electron chi connectivity index (χ0n) is 34.2. The molecule has 0 spiro atoms. The molecular weight excluding hydrogens is 1050 g/mol. The van der Waals surface area contributed by atoms with Gasteiger partial charge in [0.1, 0.15) is 22.1 Å². The SMILES string of the molecule is FC(F)(F)c1cc([B-](c2cc(C(F)(F)F)cc(C(F)(F)F)c2)(c2cc(C(F)(F)F)cc(C(F)(F)F)c2)c2cc(C(F)(F)F)cc(C(F)(F)F)c2)cc(C(F)(F)F)c1.O=[N+]([O-])C(=CC[n+]1ccccc1)[N+](=O)[O-]. The number of aromatic nitrogens is 1. The number of rotatable bonds is 8. The quantitative estimate of drug-likeness (QED) is 0.0509. The van der Waals surface area contributed by atoms with Crippen LogP contribution in [0.15, 0.2) is 115 Å². The summed E-state index contributed by atoms with van der Waals surface area (Å²) in [4.78, 5) is 18.5. The summed E-state index contributed by atoms with van der Waals surface area (Å²) < 4.78 is 342. The highest BCUT2D eigenvalue weighted by Crippen LogP contribution is 2.41. The maximum Gasteiger partial charge on any atom is 0.560 e. The van der Waals surface area contributed by atoms with Gasteiger partial charge in [0.2, 0.25) is 0 Å². The third kappa shape index (κ3) is 13.5. The second-order valence-corrected chi connectivity index (χ2v) is 14.9. The lowest BCUT2D eigenvalue weighted by atomic mass is 9.12. The van der Waals surface area contributed by atoms with E-state index in [1.807, 2.05) is 0 Å². The Bertz CT molecular complexity index is 2390. The lowest BCUT2D eigenvalue weighted by molar-refractivity contribution is -0.690. The van der Waals surface area contributed by atoms with Gasteiger partial charge in [-0.15, -0.1) is 0 Å². The zero-order chi connectivity index (χ0) is 55.2. The molecule has 0 amide bonds. The molecule has 1 aromatic heterocycles. The van der Waals surface area contributed by atoms with Gasteiger partial charge in [0.15, 0.2) is 18.9 Å². The Morgan fingerprint density at radius 1 is 0.375 bits per heavy atom. The highest BCUT2D eigenvalue weighted by molar-refractivity contribution is 7.20. The van der Waals surface area contributed by atoms with Crippen LogP contribution in [0.2, 0.25) is 0 Å². The van der Waals surface area contributed by atoms with E-state index in [2.05, 4.69) is 0 Å². The van der Waals surface area contributed by atoms with Crippen molar-refractivity contribution in [2.75, 3.05) is 0 Å². The minimum Gasteiger partial charge on any atom is -0.253 e. The van der Waals surface area contributed by atoms with Crippen molar-refractivity contribution < 1.29 is 120 Å². The smallest absolute Gasteiger partial charge is 0.253 e. The Morgan fingerprint density at radius 2 is 0.569 bits per heavy atom. The molecule has 0 N–H and O–H groups in total. The fourth-order valence-corrected chi connectivity index (χ4v) is 7.03. The van der Waals surface area contributed by atoms with Gasteiger partial charge in [0.25, 0.3) is 0 Å². The maximum atomic E-state index is 14.2. The van der Waals surface area contributed by atoms with Gasteiger partial charge in [0.05, 0.1) is 44.5 Å². The van der Waals surface area contributed by atoms with E-state index in [-0.39, 0.29) is 6.54 Å². The molecule has 5 rings (SSSR count). The van der Waals surface area contributed by atoms with Gasteiger partial charge >= 0.3 is 55.2 Å². The molecule has 0 unspecified atom stereocenters. The maximum absolute atomic E-state index is 14.2. The molecule has 390 valence electrons. The predicted molar refractivity (Wildman–Crippen MR) is 199 cm³/mol. The number of halogens is 24. The summed E-state index contributed by atoms with van der Waals surface area (Å²) in [5.41, 5.74) is -30.2. The minimum atomic E-state index is -6.13. The summed E-state index contributed by atoms with van der Waals surface area (Å²) in [7, 11) is 0. The summed E-state index contributed by atoms with van der Waals surface area (Å²) in [6.45, 7) is 0.0954. The molecule has 0 aliphatic heterocycles. The Balaban J connectivity index is 0.000000639. The van der Waals surface area contributed by atoms with Crippen molar-refractivity contribution in [3.63, 3.8) is 0 Å². The number of pyridine rings is 1. The van der Waals surface area contributed by atoms with E-state index in [0.29, 0.717) is 0 Å². The van der Waals surface area contributed by atoms with Gasteiger partial charge in [-0.05, 0) is 24.3 Å². The molecule has 1 heterocycles. The number of benzene rings is 4. The van der Waals surface area contributed by atoms with Crippen molar-refractivity contribution in [2.45, 2.75) is 56.0 Å². The summed E-state index contributed by atoms with van der Waals surface area (Å²) in [5, 5.41) is 20.5. The molecule has 0 saturated heterocycles. The molecule has 0 fully saturated rings. The summed E-state index contributed by atoms with van der Waals surface area (Å²) in [6.07, 6.45) is -50.5. The Morgan fingerprint density at radius 3 is 0.736 bits per heavy atom. The Kier molecular flexibility index (Phi) is 15.6. The number of allylic oxidation sites excluding steroid dienone is 1. The standard InChI is InChI=1S/C32H12BF24.C8H8N3O4/c34-25(35,36)13-1-14(26(37,38)39)6-21(5-13)33(22-7-15(27(40,41)42)2-16(8-22)28(43,44)45,23-9-17(29(46,47)48)3-18(10-23)30(49,50)51)24-11-19(31(52,53)54)4-20(12-24)32(55,56)57;12-10(13)8(11(14)15)4-7-9-5-2-1-3-6-9/h1-12H;1-6H,7H2/q-1;+1. The van der Waals surface area contributed by atoms with Crippen molar-refractivity contribution in [1.29, 1.82) is 0 Å². The number of nitro groups is 2. The normalized spacial score (nSPS) is 13.3. The van der Waals surface area contributed by atoms with Crippen molar-refractivity contribution in [3.05, 3.63) is 180 Å². The van der Waals surface area contributed by atoms with Crippen LogP contribution in [0.5, 0.6) is 0 Å². The van der Waals surface area contributed by atoms with Crippen LogP contribution < -0.4 is 26.4 Å². The van der Waals surface area contributed by atoms with Gasteiger partial charge in [0, 0.05) is 12.1 Å². The first-order chi connectivity index (χ1) is 32.4. The lowest BCUT2D eigenvalue weighted by Crippen LogP contribution is -2.75. The van der Waals surface area contributed by atoms with Crippen LogP contribution in [0.25, 0.3) is 0 Å². The first kappa shape index (κ1) is 57.5. The van der Waals surface area contributed by atoms with Crippen LogP contribution in [-0.2, 0) is 56.0 Å². The lowest BCUT2D eigenvalue weighted by Gasteiger charge is -2.46. The van der Waals surface area contributed by atoms with Gasteiger partial charge in [-0.1, -0.05) is 54.6 Å². The molecule has 0 saturated carbocycles. The number of hydrogen-bond acceptors (Lipinski definition) is 4. The topological polar surface area (TPSA) is 90.2 Å². The number of nitrogens with zero attached hydrogens (tertiary/aromatic N) is 3. The van der Waals surface area contributed by atoms with Crippen molar-refractivity contribution in [2.24, 2.45) is 0 Å². The fraction of sp³-hybridized carbons (Fsp3) is 0.225. The van der Waals surface area contributed by atoms with Gasteiger partial charge in [-0.2, -0.15) is 127 Å². The van der Waals surface area contributed by atoms with Crippen molar-refractivity contribution in [3.8, 4) is 0 Å². The second kappa shape index (κ2) is 19.5. The van der Waals surface area contributed by atoms with Gasteiger partial charge in [-0.3, -0.25) is 20.2 Å². The van der Waals surface area contributed by atoms with E-state index in [9.17, 15) is 126 Å². The number of hydrogen-bond donors (Lipinski definition) is 0. The molecule has 0 radical (unpaired) electrons. The first-order valence-corrected chi connectivity index (χ1v) is 18.7. The largest absolute Gasteiger partial charge is 0.560 e. The Labute approximate surface area is 383 Å². The van der Waals surface area contributed by atoms with Gasteiger partial charge in [-0.25, -0.2) is 4.57 Å². The molecule has 4 aromatic carbocycles. The average Bonchev–Trinajstić information content (AvgIpc) is 3.21. The van der Waals surface area contributed by atoms with Crippen molar-refractivity contribution >= 4 is 28.0 Å². The van der Waals surface area contributed by atoms with E-state index in [0.717, 1.165) is 6.08 Å². The van der Waals surface area contributed by atoms with Crippen LogP contribution in [0.1, 0.15) is 44.5 Å². The molecule has 7 nitrogen and oxygen atoms in total. The van der Waals surface area contributed by atoms with Crippen LogP contribution in [-0.4, -0.2) is 16.0 Å². The average molecular weight is 1070 g/mol. The van der Waals surface area contributed by atoms with E-state index in [1.165, 1.54) is 0 Å². The molecule has 0 aliphatic carbocycles. The Hall–Kier alpha value is -7.05. The zero-order valence-corrected chi connectivity index (χ0v) is 34.2. The molecule has 0 aliphatic rings. The summed E-state index contributed by atoms with van der Waals surface area (Å²) in [5.74, 6) is -1.01. The summed E-state index contributed by atoms with van der Waals surface area (Å²) >= 11 is 0. The van der Waals surface area contributed by atoms with Crippen molar-refractivity contribution in [1.82, 2.24) is 0 Å². The first-order valence-electron chi connectivity index (χ1n) is 18.7. The van der Waals surface area contributed by atoms with E-state index in [4.69, 9.17) is 0 Å². The van der Waals surface area contributed by atoms with E-state index in [1.54, 1.807) is 35.2 Å². The molecule has 0 atom stereocenters. The van der Waals surface area contributed by atoms with E-state index < -0.39 is 210 Å². The fourth-order valence-electron chi connectivity index (χ4n) is 7.03. The van der Waals surface area contributed by atoms with Crippen LogP contribution >= 0.6 is 0 Å². The molecule has 0 bridgehead atoms. The molecule has 72 heavy (non-hydrogen) atoms. The van der Waals surface area contributed by atoms with Crippen LogP contribution in [0.4, 0.5) is 105 Å². The highest BCUT2D eigenvalue weighted by Gasteiger charge is 2.47. The number of alkyl halides is 24. The summed E-state index contributed by atoms with van der Waals surface area (Å²) in [6, 6.07) is -3.57. The monoisotopic (exact) mass is 1070 g/mol. The highest BCUT2D eigenvalue weighted by atomic mass is 19.4. The molecule has 5 aromatic rings. The second-order valence-electron chi connectivity index (χ2n) is 14.9.